The summed E-state index contributed by atoms with van der Waals surface area (Å²) in [6, 6.07) is 5.01. The normalized spacial score (nSPS) is 23.1. The summed E-state index contributed by atoms with van der Waals surface area (Å²) in [5, 5.41) is 3.23. The van der Waals surface area contributed by atoms with Gasteiger partial charge in [0.2, 0.25) is 0 Å². The van der Waals surface area contributed by atoms with Crippen molar-refractivity contribution in [2.24, 2.45) is 5.92 Å². The number of amides is 1. The Bertz CT molecular complexity index is 723. The molecule has 1 saturated carbocycles. The molecule has 4 rings (SSSR count). The van der Waals surface area contributed by atoms with E-state index in [0.29, 0.717) is 30.4 Å². The van der Waals surface area contributed by atoms with E-state index in [2.05, 4.69) is 10.2 Å². The Morgan fingerprint density at radius 1 is 1.33 bits per heavy atom. The average Bonchev–Trinajstić information content (AvgIpc) is 3.00. The van der Waals surface area contributed by atoms with Crippen LogP contribution in [0.2, 0.25) is 0 Å². The second-order valence-electron chi connectivity index (χ2n) is 7.22. The van der Waals surface area contributed by atoms with E-state index in [9.17, 15) is 9.18 Å². The molecule has 2 saturated heterocycles. The van der Waals surface area contributed by atoms with Gasteiger partial charge in [-0.3, -0.25) is 4.90 Å². The Hall–Kier alpha value is -1.54. The molecular weight excluding hydrogens is 385 g/mol. The number of hydrogen-bond acceptors (Lipinski definition) is 5. The molecule has 1 aliphatic carbocycles. The van der Waals surface area contributed by atoms with Crippen molar-refractivity contribution in [1.82, 2.24) is 5.32 Å². The van der Waals surface area contributed by atoms with E-state index < -0.39 is 6.09 Å². The summed E-state index contributed by atoms with van der Waals surface area (Å²) >= 11 is 7.27. The van der Waals surface area contributed by atoms with Gasteiger partial charge in [0.05, 0.1) is 29.5 Å². The minimum absolute atomic E-state index is 0.280. The number of benzene rings is 1. The topological polar surface area (TPSA) is 44.8 Å². The predicted octanol–water partition coefficient (Wildman–Crippen LogP) is 3.42. The zero-order chi connectivity index (χ0) is 18.8. The van der Waals surface area contributed by atoms with Crippen LogP contribution < -0.4 is 15.1 Å². The van der Waals surface area contributed by atoms with Gasteiger partial charge in [0, 0.05) is 30.5 Å². The summed E-state index contributed by atoms with van der Waals surface area (Å²) < 4.78 is 20.1. The molecule has 0 unspecified atom stereocenters. The van der Waals surface area contributed by atoms with E-state index in [-0.39, 0.29) is 11.9 Å². The summed E-state index contributed by atoms with van der Waals surface area (Å²) in [5.41, 5.74) is 1.15. The van der Waals surface area contributed by atoms with Gasteiger partial charge in [0.25, 0.3) is 0 Å². The van der Waals surface area contributed by atoms with Crippen molar-refractivity contribution < 1.29 is 13.9 Å². The number of halogens is 1. The van der Waals surface area contributed by atoms with Crippen molar-refractivity contribution in [3.8, 4) is 0 Å². The zero-order valence-corrected chi connectivity index (χ0v) is 16.8. The maximum absolute atomic E-state index is 14.6. The Morgan fingerprint density at radius 2 is 2.11 bits per heavy atom. The summed E-state index contributed by atoms with van der Waals surface area (Å²) in [6.07, 6.45) is 2.81. The molecule has 0 aromatic heterocycles. The lowest BCUT2D eigenvalue weighted by Crippen LogP contribution is -2.38. The van der Waals surface area contributed by atoms with Crippen LogP contribution in [0.1, 0.15) is 19.3 Å². The van der Waals surface area contributed by atoms with Crippen LogP contribution in [-0.4, -0.2) is 54.9 Å². The van der Waals surface area contributed by atoms with Gasteiger partial charge < -0.3 is 15.0 Å². The smallest absolute Gasteiger partial charge is 0.414 e. The van der Waals surface area contributed by atoms with E-state index in [1.54, 1.807) is 12.1 Å². The molecule has 8 heteroatoms. The lowest BCUT2D eigenvalue weighted by atomic mass is 9.85. The summed E-state index contributed by atoms with van der Waals surface area (Å²) in [6.45, 7) is 2.60. The highest BCUT2D eigenvalue weighted by atomic mass is 32.2. The van der Waals surface area contributed by atoms with Crippen LogP contribution in [-0.2, 0) is 4.74 Å². The molecule has 5 nitrogen and oxygen atoms in total. The molecule has 1 amide bonds. The van der Waals surface area contributed by atoms with Crippen LogP contribution in [0.4, 0.5) is 20.6 Å². The molecule has 27 heavy (non-hydrogen) atoms. The fraction of sp³-hybridized carbons (Fsp3) is 0.579. The van der Waals surface area contributed by atoms with E-state index in [0.717, 1.165) is 42.4 Å². The van der Waals surface area contributed by atoms with Crippen LogP contribution in [0.5, 0.6) is 0 Å². The second-order valence-corrected chi connectivity index (χ2v) is 8.89. The predicted molar refractivity (Wildman–Crippen MR) is 111 cm³/mol. The van der Waals surface area contributed by atoms with E-state index in [1.807, 2.05) is 11.8 Å². The molecule has 1 aromatic rings. The van der Waals surface area contributed by atoms with Crippen molar-refractivity contribution in [2.75, 3.05) is 47.5 Å². The number of carbonyl (C=O) groups excluding carboxylic acids is 1. The zero-order valence-electron chi connectivity index (χ0n) is 15.2. The van der Waals surface area contributed by atoms with Crippen LogP contribution >= 0.6 is 24.0 Å². The SMILES string of the molecule is O=C1O[C@@H](CNC(=S)C2CCC2)CN1c1ccc(N2CCSCC2)c(F)c1. The van der Waals surface area contributed by atoms with Crippen molar-refractivity contribution in [1.29, 1.82) is 0 Å². The maximum atomic E-state index is 14.6. The molecule has 0 radical (unpaired) electrons. The Labute approximate surface area is 168 Å². The van der Waals surface area contributed by atoms with Gasteiger partial charge in [0.1, 0.15) is 11.9 Å². The number of anilines is 2. The monoisotopic (exact) mass is 409 g/mol. The molecule has 0 bridgehead atoms. The number of thioether (sulfide) groups is 1. The summed E-state index contributed by atoms with van der Waals surface area (Å²) in [5.74, 6) is 2.21. The third kappa shape index (κ3) is 4.16. The van der Waals surface area contributed by atoms with Gasteiger partial charge in [-0.1, -0.05) is 18.6 Å². The minimum Gasteiger partial charge on any atom is -0.442 e. The van der Waals surface area contributed by atoms with Gasteiger partial charge in [-0.15, -0.1) is 0 Å². The van der Waals surface area contributed by atoms with Gasteiger partial charge in [-0.2, -0.15) is 11.8 Å². The number of nitrogens with zero attached hydrogens (tertiary/aromatic N) is 2. The van der Waals surface area contributed by atoms with Gasteiger partial charge >= 0.3 is 6.09 Å². The molecule has 1 aromatic carbocycles. The number of cyclic esters (lactones) is 1. The number of nitrogens with one attached hydrogen (secondary N) is 1. The van der Waals surface area contributed by atoms with Crippen LogP contribution in [0, 0.1) is 11.7 Å². The molecule has 2 aliphatic heterocycles. The Balaban J connectivity index is 1.37. The first-order valence-corrected chi connectivity index (χ1v) is 11.1. The molecule has 146 valence electrons. The van der Waals surface area contributed by atoms with E-state index in [1.165, 1.54) is 17.4 Å². The highest BCUT2D eigenvalue weighted by Crippen LogP contribution is 2.30. The average molecular weight is 410 g/mol. The van der Waals surface area contributed by atoms with Crippen molar-refractivity contribution in [2.45, 2.75) is 25.4 Å². The number of thiocarbonyl (C=S) groups is 1. The van der Waals surface area contributed by atoms with Crippen LogP contribution in [0.25, 0.3) is 0 Å². The van der Waals surface area contributed by atoms with Crippen LogP contribution in [0.15, 0.2) is 18.2 Å². The minimum atomic E-state index is -0.433. The number of rotatable bonds is 5. The number of carbonyl (C=O) groups is 1. The molecule has 3 aliphatic rings. The second kappa shape index (κ2) is 8.22. The Kier molecular flexibility index (Phi) is 5.73. The largest absolute Gasteiger partial charge is 0.442 e. The lowest BCUT2D eigenvalue weighted by molar-refractivity contribution is 0.142. The first kappa shape index (κ1) is 18.8. The third-order valence-corrected chi connectivity index (χ3v) is 6.87. The maximum Gasteiger partial charge on any atom is 0.414 e. The fourth-order valence-corrected chi connectivity index (χ4v) is 4.81. The van der Waals surface area contributed by atoms with Gasteiger partial charge in [-0.05, 0) is 31.0 Å². The molecule has 2 heterocycles. The standard InChI is InChI=1S/C19H24FN3O2S2/c20-16-10-14(4-5-17(16)22-6-8-27-9-7-22)23-12-15(25-19(23)24)11-21-18(26)13-2-1-3-13/h4-5,10,13,15H,1-3,6-9,11-12H2,(H,21,26)/t15-/m0/s1. The van der Waals surface area contributed by atoms with E-state index in [4.69, 9.17) is 17.0 Å². The molecule has 1 atom stereocenters. The first-order chi connectivity index (χ1) is 13.1. The fourth-order valence-electron chi connectivity index (χ4n) is 3.59. The number of hydrogen-bond donors (Lipinski definition) is 1. The van der Waals surface area contributed by atoms with Crippen LogP contribution in [0.3, 0.4) is 0 Å². The Morgan fingerprint density at radius 3 is 2.78 bits per heavy atom. The van der Waals surface area contributed by atoms with E-state index >= 15 is 0 Å². The molecular formula is C19H24FN3O2S2. The third-order valence-electron chi connectivity index (χ3n) is 5.45. The quantitative estimate of drug-likeness (QED) is 0.752. The van der Waals surface area contributed by atoms with Gasteiger partial charge in [-0.25, -0.2) is 9.18 Å². The molecule has 1 N–H and O–H groups in total. The van der Waals surface area contributed by atoms with Crippen molar-refractivity contribution >= 4 is 46.4 Å². The molecule has 3 fully saturated rings. The first-order valence-electron chi connectivity index (χ1n) is 9.50. The molecule has 0 spiro atoms. The highest BCUT2D eigenvalue weighted by Gasteiger charge is 2.33. The summed E-state index contributed by atoms with van der Waals surface area (Å²) in [7, 11) is 0. The van der Waals surface area contributed by atoms with Crippen molar-refractivity contribution in [3.05, 3.63) is 24.0 Å². The van der Waals surface area contributed by atoms with Gasteiger partial charge in [0.15, 0.2) is 0 Å². The number of ether oxygens (including phenoxy) is 1. The summed E-state index contributed by atoms with van der Waals surface area (Å²) in [4.78, 5) is 16.7. The highest BCUT2D eigenvalue weighted by molar-refractivity contribution is 7.99. The van der Waals surface area contributed by atoms with Crippen molar-refractivity contribution in [3.63, 3.8) is 0 Å². The lowest BCUT2D eigenvalue weighted by Gasteiger charge is -2.29.